The van der Waals surface area contributed by atoms with Gasteiger partial charge in [0.2, 0.25) is 0 Å². The molecule has 1 aromatic heterocycles. The van der Waals surface area contributed by atoms with Gasteiger partial charge in [0.25, 0.3) is 5.91 Å². The van der Waals surface area contributed by atoms with E-state index in [0.717, 1.165) is 24.7 Å². The lowest BCUT2D eigenvalue weighted by Gasteiger charge is -2.47. The third kappa shape index (κ3) is 2.05. The summed E-state index contributed by atoms with van der Waals surface area (Å²) in [5.41, 5.74) is 0.526. The predicted octanol–water partition coefficient (Wildman–Crippen LogP) is 2.58. The molecule has 4 nitrogen and oxygen atoms in total. The van der Waals surface area contributed by atoms with Crippen LogP contribution in [0.15, 0.2) is 6.20 Å². The fourth-order valence-electron chi connectivity index (χ4n) is 3.70. The van der Waals surface area contributed by atoms with E-state index in [0.29, 0.717) is 23.6 Å². The van der Waals surface area contributed by atoms with Gasteiger partial charge in [-0.1, -0.05) is 13.3 Å². The largest absolute Gasteiger partial charge is 0.334 e. The maximum Gasteiger partial charge on any atom is 0.275 e. The number of piperidine rings is 1. The van der Waals surface area contributed by atoms with Crippen molar-refractivity contribution in [3.63, 3.8) is 0 Å². The maximum absolute atomic E-state index is 12.5. The van der Waals surface area contributed by atoms with Crippen LogP contribution in [0.2, 0.25) is 0 Å². The Hall–Kier alpha value is -0.970. The Kier molecular flexibility index (Phi) is 3.33. The first kappa shape index (κ1) is 12.1. The lowest BCUT2D eigenvalue weighted by atomic mass is 9.73. The highest BCUT2D eigenvalue weighted by molar-refractivity contribution is 6.99. The number of likely N-dealkylation sites (tertiary alicyclic amines) is 1. The van der Waals surface area contributed by atoms with Gasteiger partial charge in [-0.3, -0.25) is 4.79 Å². The molecule has 0 radical (unpaired) electrons. The second-order valence-electron chi connectivity index (χ2n) is 5.59. The Labute approximate surface area is 112 Å². The molecule has 0 N–H and O–H groups in total. The van der Waals surface area contributed by atoms with Gasteiger partial charge in [0.15, 0.2) is 5.69 Å². The number of carbonyl (C=O) groups is 1. The van der Waals surface area contributed by atoms with Crippen molar-refractivity contribution in [2.45, 2.75) is 45.1 Å². The molecule has 5 heteroatoms. The summed E-state index contributed by atoms with van der Waals surface area (Å²) < 4.78 is 8.04. The van der Waals surface area contributed by atoms with Crippen LogP contribution in [0, 0.1) is 11.8 Å². The van der Waals surface area contributed by atoms with E-state index in [1.165, 1.54) is 25.7 Å². The molecular formula is C13H19N3OS. The maximum atomic E-state index is 12.5. The Morgan fingerprint density at radius 2 is 2.22 bits per heavy atom. The zero-order valence-corrected chi connectivity index (χ0v) is 11.5. The monoisotopic (exact) mass is 265 g/mol. The molecule has 2 fully saturated rings. The molecule has 1 aromatic rings. The predicted molar refractivity (Wildman–Crippen MR) is 70.5 cm³/mol. The highest BCUT2D eigenvalue weighted by atomic mass is 32.1. The first-order valence-electron chi connectivity index (χ1n) is 6.86. The fourth-order valence-corrected chi connectivity index (χ4v) is 4.11. The Balaban J connectivity index is 1.83. The fraction of sp³-hybridized carbons (Fsp3) is 0.769. The van der Waals surface area contributed by atoms with Crippen LogP contribution in [-0.4, -0.2) is 32.1 Å². The topological polar surface area (TPSA) is 46.1 Å². The molecule has 2 aliphatic rings. The summed E-state index contributed by atoms with van der Waals surface area (Å²) in [5.74, 6) is 1.42. The first-order chi connectivity index (χ1) is 8.77. The zero-order valence-electron chi connectivity index (χ0n) is 10.7. The minimum absolute atomic E-state index is 0.0900. The van der Waals surface area contributed by atoms with Gasteiger partial charge in [-0.15, -0.1) is 0 Å². The Bertz CT molecular complexity index is 418. The molecule has 2 heterocycles. The van der Waals surface area contributed by atoms with Crippen LogP contribution in [0.1, 0.15) is 49.5 Å². The van der Waals surface area contributed by atoms with E-state index in [-0.39, 0.29) is 5.91 Å². The van der Waals surface area contributed by atoms with Crippen LogP contribution in [-0.2, 0) is 0 Å². The smallest absolute Gasteiger partial charge is 0.275 e. The summed E-state index contributed by atoms with van der Waals surface area (Å²) >= 11 is 1.11. The van der Waals surface area contributed by atoms with Gasteiger partial charge in [-0.2, -0.15) is 8.75 Å². The average molecular weight is 265 g/mol. The number of amides is 1. The summed E-state index contributed by atoms with van der Waals surface area (Å²) in [6.45, 7) is 3.18. The number of carbonyl (C=O) groups excluding carboxylic acids is 1. The normalized spacial score (nSPS) is 32.1. The van der Waals surface area contributed by atoms with Crippen LogP contribution in [0.3, 0.4) is 0 Å². The molecule has 98 valence electrons. The SMILES string of the molecule is C[C@@H]1CCC[C@@H]2CCCN(C(=O)c3cnsn3)[C@@H]21. The van der Waals surface area contributed by atoms with Crippen LogP contribution in [0.5, 0.6) is 0 Å². The third-order valence-corrected chi connectivity index (χ3v) is 4.95. The van der Waals surface area contributed by atoms with E-state index in [2.05, 4.69) is 20.6 Å². The van der Waals surface area contributed by atoms with Gasteiger partial charge in [-0.05, 0) is 37.5 Å². The molecule has 0 unspecified atom stereocenters. The van der Waals surface area contributed by atoms with Crippen LogP contribution in [0.25, 0.3) is 0 Å². The van der Waals surface area contributed by atoms with Crippen molar-refractivity contribution in [1.82, 2.24) is 13.6 Å². The van der Waals surface area contributed by atoms with Crippen LogP contribution >= 0.6 is 11.7 Å². The molecule has 1 amide bonds. The zero-order chi connectivity index (χ0) is 12.5. The molecule has 1 aliphatic carbocycles. The molecule has 0 spiro atoms. The van der Waals surface area contributed by atoms with Gasteiger partial charge in [-0.25, -0.2) is 0 Å². The number of rotatable bonds is 1. The molecule has 1 saturated carbocycles. The van der Waals surface area contributed by atoms with Gasteiger partial charge >= 0.3 is 0 Å². The molecule has 0 aromatic carbocycles. The van der Waals surface area contributed by atoms with Gasteiger partial charge < -0.3 is 4.90 Å². The lowest BCUT2D eigenvalue weighted by Crippen LogP contribution is -2.53. The van der Waals surface area contributed by atoms with Crippen molar-refractivity contribution in [1.29, 1.82) is 0 Å². The van der Waals surface area contributed by atoms with Crippen LogP contribution < -0.4 is 0 Å². The highest BCUT2D eigenvalue weighted by Gasteiger charge is 2.40. The third-order valence-electron chi connectivity index (χ3n) is 4.48. The minimum atomic E-state index is 0.0900. The number of aromatic nitrogens is 2. The van der Waals surface area contributed by atoms with Gasteiger partial charge in [0, 0.05) is 12.6 Å². The van der Waals surface area contributed by atoms with E-state index >= 15 is 0 Å². The van der Waals surface area contributed by atoms with E-state index in [4.69, 9.17) is 0 Å². The Morgan fingerprint density at radius 1 is 1.39 bits per heavy atom. The number of nitrogens with zero attached hydrogens (tertiary/aromatic N) is 3. The van der Waals surface area contributed by atoms with E-state index in [9.17, 15) is 4.79 Å². The summed E-state index contributed by atoms with van der Waals surface area (Å²) in [6, 6.07) is 0.432. The summed E-state index contributed by atoms with van der Waals surface area (Å²) in [4.78, 5) is 14.6. The van der Waals surface area contributed by atoms with Crippen molar-refractivity contribution >= 4 is 17.6 Å². The first-order valence-corrected chi connectivity index (χ1v) is 7.59. The molecular weight excluding hydrogens is 246 g/mol. The van der Waals surface area contributed by atoms with Crippen molar-refractivity contribution in [3.8, 4) is 0 Å². The molecule has 0 bridgehead atoms. The van der Waals surface area contributed by atoms with E-state index < -0.39 is 0 Å². The number of hydrogen-bond donors (Lipinski definition) is 0. The summed E-state index contributed by atoms with van der Waals surface area (Å²) in [5, 5.41) is 0. The second kappa shape index (κ2) is 4.96. The van der Waals surface area contributed by atoms with Crippen molar-refractivity contribution < 1.29 is 4.79 Å². The number of hydrogen-bond acceptors (Lipinski definition) is 4. The van der Waals surface area contributed by atoms with Crippen molar-refractivity contribution in [2.24, 2.45) is 11.8 Å². The minimum Gasteiger partial charge on any atom is -0.334 e. The van der Waals surface area contributed by atoms with Gasteiger partial charge in [0.05, 0.1) is 17.9 Å². The van der Waals surface area contributed by atoms with Crippen molar-refractivity contribution in [3.05, 3.63) is 11.9 Å². The molecule has 1 saturated heterocycles. The quantitative estimate of drug-likeness (QED) is 0.784. The van der Waals surface area contributed by atoms with Gasteiger partial charge in [0.1, 0.15) is 0 Å². The summed E-state index contributed by atoms with van der Waals surface area (Å²) in [7, 11) is 0. The Morgan fingerprint density at radius 3 is 3.00 bits per heavy atom. The average Bonchev–Trinajstić information content (AvgIpc) is 2.91. The molecule has 1 aliphatic heterocycles. The molecule has 3 atom stereocenters. The summed E-state index contributed by atoms with van der Waals surface area (Å²) in [6.07, 6.45) is 7.88. The van der Waals surface area contributed by atoms with Crippen LogP contribution in [0.4, 0.5) is 0 Å². The molecule has 18 heavy (non-hydrogen) atoms. The van der Waals surface area contributed by atoms with Crippen molar-refractivity contribution in [2.75, 3.05) is 6.54 Å². The van der Waals surface area contributed by atoms with E-state index in [1.807, 2.05) is 0 Å². The van der Waals surface area contributed by atoms with E-state index in [1.54, 1.807) is 6.20 Å². The number of fused-ring (bicyclic) bond motifs is 1. The second-order valence-corrected chi connectivity index (χ2v) is 6.15. The highest BCUT2D eigenvalue weighted by Crippen LogP contribution is 2.39. The molecule has 3 rings (SSSR count). The standard InChI is InChI=1S/C13H19N3OS/c1-9-4-2-5-10-6-3-7-16(12(9)10)13(17)11-8-14-18-15-11/h8-10,12H,2-7H2,1H3/t9-,10-,12-/m1/s1. The lowest BCUT2D eigenvalue weighted by molar-refractivity contribution is 0.0207.